The number of halogens is 1. The zero-order valence-electron chi connectivity index (χ0n) is 15.4. The van der Waals surface area contributed by atoms with Crippen molar-refractivity contribution in [3.63, 3.8) is 0 Å². The summed E-state index contributed by atoms with van der Waals surface area (Å²) in [7, 11) is 0. The zero-order chi connectivity index (χ0) is 18.4. The van der Waals surface area contributed by atoms with Crippen LogP contribution in [0.25, 0.3) is 0 Å². The van der Waals surface area contributed by atoms with Gasteiger partial charge in [0, 0.05) is 37.9 Å². The lowest BCUT2D eigenvalue weighted by molar-refractivity contribution is -0.139. The number of likely N-dealkylation sites (tertiary alicyclic amines) is 1. The normalized spacial score (nSPS) is 21.9. The van der Waals surface area contributed by atoms with Crippen LogP contribution in [0.15, 0.2) is 24.3 Å². The van der Waals surface area contributed by atoms with Crippen LogP contribution in [0.4, 0.5) is 0 Å². The molecular formula is C20H28ClNO4. The highest BCUT2D eigenvalue weighted by Crippen LogP contribution is 2.42. The molecule has 0 N–H and O–H groups in total. The average Bonchev–Trinajstić information content (AvgIpc) is 3.03. The van der Waals surface area contributed by atoms with Gasteiger partial charge in [0.05, 0.1) is 5.60 Å². The Morgan fingerprint density at radius 2 is 2.19 bits per heavy atom. The number of benzene rings is 1. The first-order valence-corrected chi connectivity index (χ1v) is 9.88. The standard InChI is InChI=1S/C20H28ClNO4/c1-2-24-12-6-16-7-13-26-20(16)8-10-22(11-9-20)19(23)15-25-18-5-3-4-17(21)14-18/h3-5,14,16H,2,6-13,15H2,1H3. The number of piperidine rings is 1. The fraction of sp³-hybridized carbons (Fsp3) is 0.650. The first kappa shape index (κ1) is 19.5. The van der Waals surface area contributed by atoms with Crippen molar-refractivity contribution in [1.29, 1.82) is 0 Å². The Bertz CT molecular complexity index is 601. The van der Waals surface area contributed by atoms with Gasteiger partial charge in [0.25, 0.3) is 5.91 Å². The maximum absolute atomic E-state index is 12.5. The zero-order valence-corrected chi connectivity index (χ0v) is 16.2. The minimum Gasteiger partial charge on any atom is -0.484 e. The van der Waals surface area contributed by atoms with Gasteiger partial charge in [-0.15, -0.1) is 0 Å². The first-order valence-electron chi connectivity index (χ1n) is 9.51. The summed E-state index contributed by atoms with van der Waals surface area (Å²) in [4.78, 5) is 14.3. The van der Waals surface area contributed by atoms with Gasteiger partial charge in [0.2, 0.25) is 0 Å². The minimum absolute atomic E-state index is 0.0173. The molecule has 1 unspecified atom stereocenters. The van der Waals surface area contributed by atoms with Crippen LogP contribution in [0.3, 0.4) is 0 Å². The number of carbonyl (C=O) groups is 1. The van der Waals surface area contributed by atoms with E-state index in [-0.39, 0.29) is 18.1 Å². The largest absolute Gasteiger partial charge is 0.484 e. The molecular weight excluding hydrogens is 354 g/mol. The molecule has 2 heterocycles. The van der Waals surface area contributed by atoms with Crippen LogP contribution in [-0.2, 0) is 14.3 Å². The van der Waals surface area contributed by atoms with E-state index in [1.54, 1.807) is 18.2 Å². The maximum Gasteiger partial charge on any atom is 0.260 e. The van der Waals surface area contributed by atoms with Gasteiger partial charge in [-0.1, -0.05) is 17.7 Å². The summed E-state index contributed by atoms with van der Waals surface area (Å²) in [5, 5.41) is 0.603. The van der Waals surface area contributed by atoms with E-state index in [9.17, 15) is 4.79 Å². The monoisotopic (exact) mass is 381 g/mol. The summed E-state index contributed by atoms with van der Waals surface area (Å²) in [6.45, 7) is 5.89. The molecule has 5 nitrogen and oxygen atoms in total. The Hall–Kier alpha value is -1.30. The van der Waals surface area contributed by atoms with Gasteiger partial charge in [-0.25, -0.2) is 0 Å². The topological polar surface area (TPSA) is 48.0 Å². The van der Waals surface area contributed by atoms with Gasteiger partial charge in [-0.3, -0.25) is 4.79 Å². The van der Waals surface area contributed by atoms with Crippen molar-refractivity contribution in [2.45, 2.75) is 38.2 Å². The molecule has 1 amide bonds. The number of hydrogen-bond acceptors (Lipinski definition) is 4. The van der Waals surface area contributed by atoms with Crippen LogP contribution < -0.4 is 4.74 Å². The molecule has 0 aromatic heterocycles. The smallest absolute Gasteiger partial charge is 0.260 e. The highest BCUT2D eigenvalue weighted by molar-refractivity contribution is 6.30. The Morgan fingerprint density at radius 3 is 2.92 bits per heavy atom. The second-order valence-corrected chi connectivity index (χ2v) is 7.45. The van der Waals surface area contributed by atoms with E-state index in [4.69, 9.17) is 25.8 Å². The molecule has 2 saturated heterocycles. The van der Waals surface area contributed by atoms with Gasteiger partial charge in [0.1, 0.15) is 5.75 Å². The van der Waals surface area contributed by atoms with Crippen molar-refractivity contribution < 1.29 is 19.0 Å². The molecule has 1 atom stereocenters. The molecule has 2 aliphatic heterocycles. The molecule has 6 heteroatoms. The van der Waals surface area contributed by atoms with E-state index in [0.29, 0.717) is 16.7 Å². The minimum atomic E-state index is -0.0678. The SMILES string of the molecule is CCOCCC1CCOC12CCN(C(=O)COc1cccc(Cl)c1)CC2. The first-order chi connectivity index (χ1) is 12.6. The Morgan fingerprint density at radius 1 is 1.38 bits per heavy atom. The van der Waals surface area contributed by atoms with E-state index in [0.717, 1.165) is 58.6 Å². The van der Waals surface area contributed by atoms with Crippen molar-refractivity contribution in [1.82, 2.24) is 4.90 Å². The number of carbonyl (C=O) groups excluding carboxylic acids is 1. The van der Waals surface area contributed by atoms with Gasteiger partial charge < -0.3 is 19.1 Å². The van der Waals surface area contributed by atoms with Crippen LogP contribution in [0.1, 0.15) is 32.6 Å². The van der Waals surface area contributed by atoms with Gasteiger partial charge in [-0.2, -0.15) is 0 Å². The third-order valence-electron chi connectivity index (χ3n) is 5.54. The second-order valence-electron chi connectivity index (χ2n) is 7.01. The van der Waals surface area contributed by atoms with Crippen LogP contribution in [0.2, 0.25) is 5.02 Å². The van der Waals surface area contributed by atoms with Crippen LogP contribution in [-0.4, -0.2) is 55.9 Å². The molecule has 3 rings (SSSR count). The number of nitrogens with zero attached hydrogens (tertiary/aromatic N) is 1. The van der Waals surface area contributed by atoms with E-state index >= 15 is 0 Å². The van der Waals surface area contributed by atoms with E-state index in [1.807, 2.05) is 17.9 Å². The summed E-state index contributed by atoms with van der Waals surface area (Å²) >= 11 is 5.94. The van der Waals surface area contributed by atoms with E-state index in [1.165, 1.54) is 0 Å². The van der Waals surface area contributed by atoms with Crippen molar-refractivity contribution >= 4 is 17.5 Å². The van der Waals surface area contributed by atoms with Gasteiger partial charge >= 0.3 is 0 Å². The Labute approximate surface area is 160 Å². The van der Waals surface area contributed by atoms with E-state index in [2.05, 4.69) is 0 Å². The molecule has 0 bridgehead atoms. The molecule has 26 heavy (non-hydrogen) atoms. The molecule has 2 fully saturated rings. The van der Waals surface area contributed by atoms with Crippen LogP contribution in [0.5, 0.6) is 5.75 Å². The lowest BCUT2D eigenvalue weighted by Crippen LogP contribution is -2.50. The van der Waals surface area contributed by atoms with Gasteiger partial charge in [-0.05, 0) is 56.7 Å². The van der Waals surface area contributed by atoms with Crippen LogP contribution in [0, 0.1) is 5.92 Å². The molecule has 144 valence electrons. The third-order valence-corrected chi connectivity index (χ3v) is 5.77. The Kier molecular flexibility index (Phi) is 6.79. The van der Waals surface area contributed by atoms with Crippen molar-refractivity contribution in [3.8, 4) is 5.75 Å². The molecule has 2 aliphatic rings. The summed E-state index contributed by atoms with van der Waals surface area (Å²) < 4.78 is 17.3. The molecule has 0 radical (unpaired) electrons. The quantitative estimate of drug-likeness (QED) is 0.678. The molecule has 0 saturated carbocycles. The molecule has 1 aromatic rings. The number of amides is 1. The highest BCUT2D eigenvalue weighted by Gasteiger charge is 2.46. The summed E-state index contributed by atoms with van der Waals surface area (Å²) in [5.41, 5.74) is -0.0678. The second kappa shape index (κ2) is 9.07. The summed E-state index contributed by atoms with van der Waals surface area (Å²) in [6, 6.07) is 7.12. The lowest BCUT2D eigenvalue weighted by atomic mass is 9.78. The third kappa shape index (κ3) is 4.70. The fourth-order valence-electron chi connectivity index (χ4n) is 4.04. The lowest BCUT2D eigenvalue weighted by Gasteiger charge is -2.42. The molecule has 1 aromatic carbocycles. The number of rotatable bonds is 7. The Balaban J connectivity index is 1.47. The predicted octanol–water partition coefficient (Wildman–Crippen LogP) is 3.54. The van der Waals surface area contributed by atoms with Crippen molar-refractivity contribution in [2.75, 3.05) is 39.5 Å². The van der Waals surface area contributed by atoms with Crippen LogP contribution >= 0.6 is 11.6 Å². The highest BCUT2D eigenvalue weighted by atomic mass is 35.5. The molecule has 0 aliphatic carbocycles. The summed E-state index contributed by atoms with van der Waals surface area (Å²) in [6.07, 6.45) is 3.93. The molecule has 1 spiro atoms. The number of hydrogen-bond donors (Lipinski definition) is 0. The van der Waals surface area contributed by atoms with Crippen molar-refractivity contribution in [2.24, 2.45) is 5.92 Å². The summed E-state index contributed by atoms with van der Waals surface area (Å²) in [5.74, 6) is 1.17. The predicted molar refractivity (Wildman–Crippen MR) is 101 cm³/mol. The van der Waals surface area contributed by atoms with Gasteiger partial charge in [0.15, 0.2) is 6.61 Å². The number of ether oxygens (including phenoxy) is 3. The maximum atomic E-state index is 12.5. The van der Waals surface area contributed by atoms with Crippen molar-refractivity contribution in [3.05, 3.63) is 29.3 Å². The fourth-order valence-corrected chi connectivity index (χ4v) is 4.22. The van der Waals surface area contributed by atoms with E-state index < -0.39 is 0 Å². The average molecular weight is 382 g/mol.